The molecule has 3 aliphatic rings. The lowest BCUT2D eigenvalue weighted by Crippen LogP contribution is -2.50. The Morgan fingerprint density at radius 3 is 2.71 bits per heavy atom. The van der Waals surface area contributed by atoms with Crippen LogP contribution in [0.15, 0.2) is 42.5 Å². The highest BCUT2D eigenvalue weighted by Crippen LogP contribution is 2.44. The van der Waals surface area contributed by atoms with Crippen LogP contribution in [-0.4, -0.2) is 67.0 Å². The first kappa shape index (κ1) is 22.8. The minimum Gasteiger partial charge on any atom is -0.497 e. The van der Waals surface area contributed by atoms with E-state index in [4.69, 9.17) is 26.4 Å². The Bertz CT molecular complexity index is 1070. The smallest absolute Gasteiger partial charge is 0.411 e. The number of likely N-dealkylation sites (tertiary alicyclic amines) is 1. The van der Waals surface area contributed by atoms with E-state index in [2.05, 4.69) is 34.5 Å². The quantitative estimate of drug-likeness (QED) is 0.631. The Morgan fingerprint density at radius 2 is 1.94 bits per heavy atom. The number of nitrogens with one attached hydrogen (secondary N) is 1. The van der Waals surface area contributed by atoms with Crippen LogP contribution in [0.3, 0.4) is 0 Å². The average molecular weight is 482 g/mol. The van der Waals surface area contributed by atoms with E-state index in [0.717, 1.165) is 60.9 Å². The molecular formula is C26H31N3O4S. The number of benzene rings is 2. The highest BCUT2D eigenvalue weighted by atomic mass is 32.1. The van der Waals surface area contributed by atoms with Gasteiger partial charge in [0.25, 0.3) is 0 Å². The summed E-state index contributed by atoms with van der Waals surface area (Å²) in [6.07, 6.45) is 3.13. The van der Waals surface area contributed by atoms with Gasteiger partial charge in [-0.05, 0) is 66.4 Å². The normalized spacial score (nSPS) is 21.6. The van der Waals surface area contributed by atoms with Crippen LogP contribution in [0.1, 0.15) is 35.6 Å². The number of hydrogen-bond donors (Lipinski definition) is 1. The molecule has 0 radical (unpaired) electrons. The average Bonchev–Trinajstić information content (AvgIpc) is 3.38. The second-order valence-corrected chi connectivity index (χ2v) is 9.44. The molecule has 0 saturated carbocycles. The highest BCUT2D eigenvalue weighted by Gasteiger charge is 2.50. The van der Waals surface area contributed by atoms with Crippen LogP contribution in [0.4, 0.5) is 4.79 Å². The van der Waals surface area contributed by atoms with Crippen molar-refractivity contribution in [3.63, 3.8) is 0 Å². The lowest BCUT2D eigenvalue weighted by atomic mass is 9.99. The van der Waals surface area contributed by atoms with Gasteiger partial charge in [-0.1, -0.05) is 24.3 Å². The zero-order valence-corrected chi connectivity index (χ0v) is 20.5. The summed E-state index contributed by atoms with van der Waals surface area (Å²) in [5.41, 5.74) is 3.62. The molecule has 2 atom stereocenters. The van der Waals surface area contributed by atoms with E-state index in [1.807, 2.05) is 23.1 Å². The molecule has 2 saturated heterocycles. The Labute approximate surface area is 206 Å². The Hall–Kier alpha value is -3.00. The molecule has 180 valence electrons. The number of hydrogen-bond acceptors (Lipinski definition) is 5. The topological polar surface area (TPSA) is 63.3 Å². The summed E-state index contributed by atoms with van der Waals surface area (Å²) < 4.78 is 16.6. The van der Waals surface area contributed by atoms with Crippen LogP contribution in [0.2, 0.25) is 0 Å². The molecule has 34 heavy (non-hydrogen) atoms. The van der Waals surface area contributed by atoms with Crippen molar-refractivity contribution in [2.75, 3.05) is 33.9 Å². The van der Waals surface area contributed by atoms with Crippen LogP contribution in [0.25, 0.3) is 0 Å². The summed E-state index contributed by atoms with van der Waals surface area (Å²) in [6.45, 7) is 2.35. The van der Waals surface area contributed by atoms with Crippen LogP contribution in [-0.2, 0) is 17.6 Å². The van der Waals surface area contributed by atoms with E-state index < -0.39 is 0 Å². The molecular weight excluding hydrogens is 450 g/mol. The number of carbonyl (C=O) groups excluding carboxylic acids is 1. The SMILES string of the molecule is COc1ccc(OC)c(CCNC(=S)N2CCC(N3C(=O)O[C@H]4Cc5ccccc5[C@H]43)CC2)c1. The van der Waals surface area contributed by atoms with Crippen molar-refractivity contribution in [3.8, 4) is 11.5 Å². The second-order valence-electron chi connectivity index (χ2n) is 9.06. The van der Waals surface area contributed by atoms with Crippen LogP contribution >= 0.6 is 12.2 Å². The van der Waals surface area contributed by atoms with Crippen molar-refractivity contribution in [2.24, 2.45) is 0 Å². The third-order valence-electron chi connectivity index (χ3n) is 7.21. The number of carbonyl (C=O) groups is 1. The molecule has 2 heterocycles. The minimum atomic E-state index is -0.170. The zero-order chi connectivity index (χ0) is 23.7. The largest absolute Gasteiger partial charge is 0.497 e. The van der Waals surface area contributed by atoms with Gasteiger partial charge >= 0.3 is 6.09 Å². The third kappa shape index (κ3) is 4.27. The van der Waals surface area contributed by atoms with Gasteiger partial charge in [-0.3, -0.25) is 4.90 Å². The van der Waals surface area contributed by atoms with E-state index in [-0.39, 0.29) is 24.3 Å². The number of rotatable bonds is 6. The number of thiocarbonyl (C=S) groups is 1. The van der Waals surface area contributed by atoms with Gasteiger partial charge in [0.1, 0.15) is 17.6 Å². The second kappa shape index (κ2) is 9.70. The molecule has 1 amide bonds. The predicted octanol–water partition coefficient (Wildman–Crippen LogP) is 3.70. The highest BCUT2D eigenvalue weighted by molar-refractivity contribution is 7.80. The van der Waals surface area contributed by atoms with Crippen molar-refractivity contribution in [1.82, 2.24) is 15.1 Å². The lowest BCUT2D eigenvalue weighted by Gasteiger charge is -2.38. The molecule has 2 fully saturated rings. The Kier molecular flexibility index (Phi) is 6.50. The first-order chi connectivity index (χ1) is 16.6. The molecule has 0 spiro atoms. The van der Waals surface area contributed by atoms with E-state index in [1.165, 1.54) is 11.1 Å². The first-order valence-corrected chi connectivity index (χ1v) is 12.3. The van der Waals surface area contributed by atoms with Gasteiger partial charge in [0.2, 0.25) is 0 Å². The number of methoxy groups -OCH3 is 2. The van der Waals surface area contributed by atoms with Crippen molar-refractivity contribution in [3.05, 3.63) is 59.2 Å². The first-order valence-electron chi connectivity index (χ1n) is 11.9. The van der Waals surface area contributed by atoms with Crippen molar-refractivity contribution in [2.45, 2.75) is 43.9 Å². The molecule has 0 bridgehead atoms. The summed E-state index contributed by atoms with van der Waals surface area (Å²) in [4.78, 5) is 16.9. The standard InChI is InChI=1S/C26H31N3O4S/c1-31-20-7-8-22(32-2)18(15-20)9-12-27-25(34)28-13-10-19(11-14-28)29-24-21-6-4-3-5-17(21)16-23(24)33-26(29)30/h3-8,15,19,23-24H,9-14,16H2,1-2H3,(H,27,34)/t23-,24+/m0/s1. The fourth-order valence-corrected chi connectivity index (χ4v) is 5.78. The molecule has 1 N–H and O–H groups in total. The third-order valence-corrected chi connectivity index (χ3v) is 7.62. The zero-order valence-electron chi connectivity index (χ0n) is 19.7. The predicted molar refractivity (Wildman–Crippen MR) is 133 cm³/mol. The maximum Gasteiger partial charge on any atom is 0.411 e. The summed E-state index contributed by atoms with van der Waals surface area (Å²) in [5.74, 6) is 1.66. The minimum absolute atomic E-state index is 0.0446. The fraction of sp³-hybridized carbons (Fsp3) is 0.462. The van der Waals surface area contributed by atoms with Crippen LogP contribution in [0, 0.1) is 0 Å². The Morgan fingerprint density at radius 1 is 1.15 bits per heavy atom. The number of fused-ring (bicyclic) bond motifs is 3. The van der Waals surface area contributed by atoms with Crippen molar-refractivity contribution >= 4 is 23.4 Å². The van der Waals surface area contributed by atoms with Crippen molar-refractivity contribution in [1.29, 1.82) is 0 Å². The van der Waals surface area contributed by atoms with Gasteiger partial charge in [0.15, 0.2) is 5.11 Å². The maximum atomic E-state index is 12.7. The van der Waals surface area contributed by atoms with Crippen molar-refractivity contribution < 1.29 is 19.0 Å². The van der Waals surface area contributed by atoms with Gasteiger partial charge in [-0.2, -0.15) is 0 Å². The molecule has 8 heteroatoms. The molecule has 0 unspecified atom stereocenters. The monoisotopic (exact) mass is 481 g/mol. The van der Waals surface area contributed by atoms with E-state index in [0.29, 0.717) is 6.54 Å². The maximum absolute atomic E-state index is 12.7. The molecule has 2 aromatic carbocycles. The van der Waals surface area contributed by atoms with Gasteiger partial charge in [0.05, 0.1) is 20.3 Å². The van der Waals surface area contributed by atoms with Crippen LogP contribution < -0.4 is 14.8 Å². The number of piperidine rings is 1. The lowest BCUT2D eigenvalue weighted by molar-refractivity contribution is 0.118. The van der Waals surface area contributed by atoms with Gasteiger partial charge in [0, 0.05) is 32.1 Å². The number of ether oxygens (including phenoxy) is 3. The van der Waals surface area contributed by atoms with Crippen LogP contribution in [0.5, 0.6) is 11.5 Å². The van der Waals surface area contributed by atoms with E-state index in [1.54, 1.807) is 14.2 Å². The Balaban J connectivity index is 1.15. The number of nitrogens with zero attached hydrogens (tertiary/aromatic N) is 2. The summed E-state index contributed by atoms with van der Waals surface area (Å²) in [7, 11) is 3.34. The molecule has 7 nitrogen and oxygen atoms in total. The molecule has 2 aromatic rings. The summed E-state index contributed by atoms with van der Waals surface area (Å²) in [5, 5.41) is 4.15. The molecule has 1 aliphatic carbocycles. The van der Waals surface area contributed by atoms with Gasteiger partial charge < -0.3 is 24.4 Å². The van der Waals surface area contributed by atoms with E-state index in [9.17, 15) is 4.79 Å². The summed E-state index contributed by atoms with van der Waals surface area (Å²) >= 11 is 5.68. The number of amides is 1. The van der Waals surface area contributed by atoms with E-state index >= 15 is 0 Å². The summed E-state index contributed by atoms with van der Waals surface area (Å²) in [6, 6.07) is 14.4. The van der Waals surface area contributed by atoms with Gasteiger partial charge in [-0.15, -0.1) is 0 Å². The molecule has 2 aliphatic heterocycles. The molecule has 0 aromatic heterocycles. The fourth-order valence-electron chi connectivity index (χ4n) is 5.49. The molecule has 5 rings (SSSR count). The van der Waals surface area contributed by atoms with Gasteiger partial charge in [-0.25, -0.2) is 4.79 Å².